The lowest BCUT2D eigenvalue weighted by molar-refractivity contribution is 0.280. The molecule has 1 aromatic carbocycles. The van der Waals surface area contributed by atoms with Crippen LogP contribution in [0.5, 0.6) is 0 Å². The molecule has 27 heavy (non-hydrogen) atoms. The average Bonchev–Trinajstić information content (AvgIpc) is 3.22. The predicted octanol–water partition coefficient (Wildman–Crippen LogP) is 7.61. The number of hydrogen-bond donors (Lipinski definition) is 0. The van der Waals surface area contributed by atoms with Crippen LogP contribution in [0.25, 0.3) is 0 Å². The molecule has 0 bridgehead atoms. The van der Waals surface area contributed by atoms with Gasteiger partial charge in [0.25, 0.3) is 0 Å². The van der Waals surface area contributed by atoms with Gasteiger partial charge in [0.1, 0.15) is 0 Å². The van der Waals surface area contributed by atoms with Gasteiger partial charge in [-0.25, -0.2) is 4.98 Å². The summed E-state index contributed by atoms with van der Waals surface area (Å²) in [5.74, 6) is 0.691. The van der Waals surface area contributed by atoms with Crippen molar-refractivity contribution in [2.24, 2.45) is 5.92 Å². The fourth-order valence-electron chi connectivity index (χ4n) is 4.30. The van der Waals surface area contributed by atoms with Crippen molar-refractivity contribution in [2.75, 3.05) is 0 Å². The second-order valence-corrected chi connectivity index (χ2v) is 8.08. The van der Waals surface area contributed by atoms with Crippen molar-refractivity contribution in [3.63, 3.8) is 0 Å². The standard InChI is InChI=1S/C25H40N2/c1-3-5-6-7-8-9-10-14-18-25(27-20-19-26-22-27)24(15-4-2)21-23-16-12-11-13-17-23/h11-13,16-17,19-20,22,24-25H,3-10,14-15,18,21H2,1-2H3. The largest absolute Gasteiger partial charge is 0.334 e. The van der Waals surface area contributed by atoms with Crippen LogP contribution in [0.4, 0.5) is 0 Å². The summed E-state index contributed by atoms with van der Waals surface area (Å²) >= 11 is 0. The van der Waals surface area contributed by atoms with Gasteiger partial charge in [0.2, 0.25) is 0 Å². The van der Waals surface area contributed by atoms with Gasteiger partial charge in [-0.15, -0.1) is 0 Å². The Kier molecular flexibility index (Phi) is 10.9. The fraction of sp³-hybridized carbons (Fsp3) is 0.640. The minimum atomic E-state index is 0.577. The van der Waals surface area contributed by atoms with Crippen LogP contribution in [0.1, 0.15) is 96.1 Å². The van der Waals surface area contributed by atoms with Crippen LogP contribution in [0.3, 0.4) is 0 Å². The molecule has 0 amide bonds. The average molecular weight is 369 g/mol. The van der Waals surface area contributed by atoms with E-state index >= 15 is 0 Å². The topological polar surface area (TPSA) is 17.8 Å². The second kappa shape index (κ2) is 13.6. The predicted molar refractivity (Wildman–Crippen MR) is 117 cm³/mol. The summed E-state index contributed by atoms with van der Waals surface area (Å²) in [7, 11) is 0. The number of unbranched alkanes of at least 4 members (excludes halogenated alkanes) is 7. The van der Waals surface area contributed by atoms with Crippen molar-refractivity contribution in [1.29, 1.82) is 0 Å². The van der Waals surface area contributed by atoms with Crippen LogP contribution >= 0.6 is 0 Å². The van der Waals surface area contributed by atoms with Crippen molar-refractivity contribution >= 4 is 0 Å². The molecule has 0 spiro atoms. The summed E-state index contributed by atoms with van der Waals surface area (Å²) in [6.45, 7) is 4.61. The van der Waals surface area contributed by atoms with Crippen molar-refractivity contribution < 1.29 is 0 Å². The number of aromatic nitrogens is 2. The Labute approximate surface area is 167 Å². The smallest absolute Gasteiger partial charge is 0.0948 e. The minimum Gasteiger partial charge on any atom is -0.334 e. The number of imidazole rings is 1. The molecule has 1 aromatic heterocycles. The van der Waals surface area contributed by atoms with E-state index in [2.05, 4.69) is 59.9 Å². The summed E-state index contributed by atoms with van der Waals surface area (Å²) in [5.41, 5.74) is 1.47. The zero-order valence-corrected chi connectivity index (χ0v) is 17.7. The molecule has 0 aliphatic carbocycles. The third kappa shape index (κ3) is 8.32. The molecule has 2 nitrogen and oxygen atoms in total. The number of hydrogen-bond acceptors (Lipinski definition) is 1. The Hall–Kier alpha value is -1.57. The van der Waals surface area contributed by atoms with Gasteiger partial charge in [0.15, 0.2) is 0 Å². The lowest BCUT2D eigenvalue weighted by Crippen LogP contribution is -2.21. The molecule has 2 atom stereocenters. The number of rotatable bonds is 15. The molecule has 2 aromatic rings. The van der Waals surface area contributed by atoms with Crippen LogP contribution < -0.4 is 0 Å². The highest BCUT2D eigenvalue weighted by Gasteiger charge is 2.22. The van der Waals surface area contributed by atoms with Crippen molar-refractivity contribution in [3.8, 4) is 0 Å². The summed E-state index contributed by atoms with van der Waals surface area (Å²) < 4.78 is 2.38. The van der Waals surface area contributed by atoms with Gasteiger partial charge in [-0.1, -0.05) is 102 Å². The first-order chi connectivity index (χ1) is 13.3. The summed E-state index contributed by atoms with van der Waals surface area (Å²) in [6, 6.07) is 11.6. The lowest BCUT2D eigenvalue weighted by Gasteiger charge is -2.28. The highest BCUT2D eigenvalue weighted by atomic mass is 15.1. The maximum absolute atomic E-state index is 4.34. The second-order valence-electron chi connectivity index (χ2n) is 8.08. The van der Waals surface area contributed by atoms with Gasteiger partial charge >= 0.3 is 0 Å². The SMILES string of the molecule is CCCCCCCCCCC(C(CCC)Cc1ccccc1)n1ccnc1. The summed E-state index contributed by atoms with van der Waals surface area (Å²) in [5, 5.41) is 0. The summed E-state index contributed by atoms with van der Waals surface area (Å²) in [4.78, 5) is 4.34. The van der Waals surface area contributed by atoms with Gasteiger partial charge < -0.3 is 4.57 Å². The molecule has 0 saturated carbocycles. The quantitative estimate of drug-likeness (QED) is 0.296. The molecular formula is C25H40N2. The van der Waals surface area contributed by atoms with E-state index in [9.17, 15) is 0 Å². The van der Waals surface area contributed by atoms with E-state index < -0.39 is 0 Å². The van der Waals surface area contributed by atoms with E-state index in [-0.39, 0.29) is 0 Å². The van der Waals surface area contributed by atoms with E-state index in [4.69, 9.17) is 0 Å². The van der Waals surface area contributed by atoms with Crippen molar-refractivity contribution in [1.82, 2.24) is 9.55 Å². The van der Waals surface area contributed by atoms with Gasteiger partial charge in [0, 0.05) is 18.4 Å². The fourth-order valence-corrected chi connectivity index (χ4v) is 4.30. The van der Waals surface area contributed by atoms with E-state index in [0.29, 0.717) is 12.0 Å². The van der Waals surface area contributed by atoms with Crippen LogP contribution in [0, 0.1) is 5.92 Å². The Bertz CT molecular complexity index is 561. The molecule has 2 heteroatoms. The van der Waals surface area contributed by atoms with Crippen molar-refractivity contribution in [3.05, 3.63) is 54.6 Å². The molecule has 150 valence electrons. The monoisotopic (exact) mass is 368 g/mol. The highest BCUT2D eigenvalue weighted by molar-refractivity contribution is 5.15. The zero-order valence-electron chi connectivity index (χ0n) is 17.7. The number of benzene rings is 1. The van der Waals surface area contributed by atoms with E-state index in [1.54, 1.807) is 0 Å². The van der Waals surface area contributed by atoms with Crippen LogP contribution in [-0.2, 0) is 6.42 Å². The lowest BCUT2D eigenvalue weighted by atomic mass is 9.85. The maximum Gasteiger partial charge on any atom is 0.0948 e. The Morgan fingerprint density at radius 3 is 2.15 bits per heavy atom. The van der Waals surface area contributed by atoms with Gasteiger partial charge in [-0.05, 0) is 30.7 Å². The molecule has 2 rings (SSSR count). The maximum atomic E-state index is 4.34. The molecule has 1 heterocycles. The molecule has 0 saturated heterocycles. The molecule has 2 unspecified atom stereocenters. The molecule has 0 radical (unpaired) electrons. The van der Waals surface area contributed by atoms with E-state index in [0.717, 1.165) is 0 Å². The minimum absolute atomic E-state index is 0.577. The van der Waals surface area contributed by atoms with Gasteiger partial charge in [-0.2, -0.15) is 0 Å². The Morgan fingerprint density at radius 1 is 0.815 bits per heavy atom. The van der Waals surface area contributed by atoms with Gasteiger partial charge in [0.05, 0.1) is 6.33 Å². The van der Waals surface area contributed by atoms with Crippen LogP contribution in [-0.4, -0.2) is 9.55 Å². The zero-order chi connectivity index (χ0) is 19.2. The molecular weight excluding hydrogens is 328 g/mol. The molecule has 0 aliphatic heterocycles. The van der Waals surface area contributed by atoms with Crippen LogP contribution in [0.2, 0.25) is 0 Å². The Balaban J connectivity index is 1.88. The first kappa shape index (κ1) is 21.7. The number of nitrogens with zero attached hydrogens (tertiary/aromatic N) is 2. The molecule has 0 N–H and O–H groups in total. The first-order valence-electron chi connectivity index (χ1n) is 11.4. The van der Waals surface area contributed by atoms with Gasteiger partial charge in [-0.3, -0.25) is 0 Å². The normalized spacial score (nSPS) is 13.6. The molecule has 0 aliphatic rings. The third-order valence-electron chi connectivity index (χ3n) is 5.81. The molecule has 0 fully saturated rings. The van der Waals surface area contributed by atoms with E-state index in [1.165, 1.54) is 82.6 Å². The first-order valence-corrected chi connectivity index (χ1v) is 11.4. The van der Waals surface area contributed by atoms with Crippen LogP contribution in [0.15, 0.2) is 49.1 Å². The van der Waals surface area contributed by atoms with Crippen molar-refractivity contribution in [2.45, 2.75) is 96.9 Å². The third-order valence-corrected chi connectivity index (χ3v) is 5.81. The van der Waals surface area contributed by atoms with E-state index in [1.807, 2.05) is 12.5 Å². The Morgan fingerprint density at radius 2 is 1.52 bits per heavy atom. The summed E-state index contributed by atoms with van der Waals surface area (Å²) in [6.07, 6.45) is 22.2. The highest BCUT2D eigenvalue weighted by Crippen LogP contribution is 2.31.